The summed E-state index contributed by atoms with van der Waals surface area (Å²) in [6.07, 6.45) is 1.90. The summed E-state index contributed by atoms with van der Waals surface area (Å²) in [7, 11) is 0. The van der Waals surface area contributed by atoms with Crippen molar-refractivity contribution in [3.05, 3.63) is 60.1 Å². The summed E-state index contributed by atoms with van der Waals surface area (Å²) in [4.78, 5) is 8.77. The van der Waals surface area contributed by atoms with Gasteiger partial charge in [-0.25, -0.2) is 18.4 Å². The maximum atomic E-state index is 13.7. The molecule has 0 bridgehead atoms. The normalized spacial score (nSPS) is 22.7. The molecule has 3 N–H and O–H groups in total. The maximum Gasteiger partial charge on any atom is 0.200 e. The summed E-state index contributed by atoms with van der Waals surface area (Å²) in [5, 5.41) is 14.4. The van der Waals surface area contributed by atoms with Crippen LogP contribution in [0, 0.1) is 11.6 Å². The van der Waals surface area contributed by atoms with Gasteiger partial charge in [0, 0.05) is 24.2 Å². The topological polar surface area (TPSA) is 89.9 Å². The number of rotatable bonds is 3. The van der Waals surface area contributed by atoms with E-state index in [0.717, 1.165) is 6.07 Å². The Bertz CT molecular complexity index is 900. The molecule has 1 fully saturated rings. The molecule has 134 valence electrons. The Morgan fingerprint density at radius 3 is 2.50 bits per heavy atom. The van der Waals surface area contributed by atoms with Gasteiger partial charge in [-0.05, 0) is 37.1 Å². The van der Waals surface area contributed by atoms with Crippen molar-refractivity contribution in [1.82, 2.24) is 19.7 Å². The van der Waals surface area contributed by atoms with Crippen LogP contribution in [0.25, 0.3) is 17.2 Å². The van der Waals surface area contributed by atoms with Crippen LogP contribution in [0.15, 0.2) is 42.6 Å². The van der Waals surface area contributed by atoms with Gasteiger partial charge < -0.3 is 10.8 Å². The van der Waals surface area contributed by atoms with Crippen molar-refractivity contribution >= 4 is 0 Å². The summed E-state index contributed by atoms with van der Waals surface area (Å²) in [6.45, 7) is 0. The number of aromatic nitrogens is 4. The third-order valence-corrected chi connectivity index (χ3v) is 4.56. The number of halogens is 2. The molecule has 0 amide bonds. The molecule has 0 spiro atoms. The molecule has 1 saturated carbocycles. The number of pyridine rings is 1. The van der Waals surface area contributed by atoms with E-state index in [-0.39, 0.29) is 17.6 Å². The third-order valence-electron chi connectivity index (χ3n) is 4.56. The molecule has 0 unspecified atom stereocenters. The molecule has 4 rings (SSSR count). The molecule has 0 aliphatic heterocycles. The number of aliphatic hydroxyl groups is 1. The summed E-state index contributed by atoms with van der Waals surface area (Å²) in [5.74, 6) is -0.729. The Hall–Kier alpha value is -2.71. The van der Waals surface area contributed by atoms with Gasteiger partial charge in [-0.1, -0.05) is 6.07 Å². The zero-order valence-corrected chi connectivity index (χ0v) is 13.8. The molecule has 1 aromatic carbocycles. The monoisotopic (exact) mass is 357 g/mol. The van der Waals surface area contributed by atoms with Gasteiger partial charge in [-0.2, -0.15) is 0 Å². The second-order valence-corrected chi connectivity index (χ2v) is 6.45. The highest BCUT2D eigenvalue weighted by Crippen LogP contribution is 2.35. The van der Waals surface area contributed by atoms with Gasteiger partial charge in [-0.3, -0.25) is 4.98 Å². The number of nitrogens with zero attached hydrogens (tertiary/aromatic N) is 4. The van der Waals surface area contributed by atoms with Gasteiger partial charge in [0.05, 0.1) is 11.8 Å². The highest BCUT2D eigenvalue weighted by Gasteiger charge is 2.35. The Morgan fingerprint density at radius 2 is 1.88 bits per heavy atom. The average molecular weight is 357 g/mol. The molecular weight excluding hydrogens is 340 g/mol. The summed E-state index contributed by atoms with van der Waals surface area (Å²) >= 11 is 0. The quantitative estimate of drug-likeness (QED) is 0.750. The molecule has 2 aromatic heterocycles. The van der Waals surface area contributed by atoms with Crippen LogP contribution in [0.2, 0.25) is 0 Å². The lowest BCUT2D eigenvalue weighted by molar-refractivity contribution is 0.163. The molecule has 26 heavy (non-hydrogen) atoms. The van der Waals surface area contributed by atoms with E-state index in [0.29, 0.717) is 30.2 Å². The second kappa shape index (κ2) is 6.54. The summed E-state index contributed by atoms with van der Waals surface area (Å²) < 4.78 is 28.8. The van der Waals surface area contributed by atoms with E-state index in [9.17, 15) is 13.9 Å². The fourth-order valence-electron chi connectivity index (χ4n) is 3.30. The van der Waals surface area contributed by atoms with Crippen molar-refractivity contribution in [3.8, 4) is 17.2 Å². The molecule has 3 atom stereocenters. The zero-order chi connectivity index (χ0) is 18.3. The highest BCUT2D eigenvalue weighted by atomic mass is 19.1. The lowest BCUT2D eigenvalue weighted by Gasteiger charge is -2.11. The van der Waals surface area contributed by atoms with E-state index in [1.165, 1.54) is 16.8 Å². The van der Waals surface area contributed by atoms with Crippen LogP contribution in [-0.4, -0.2) is 37.0 Å². The van der Waals surface area contributed by atoms with Crippen molar-refractivity contribution < 1.29 is 13.9 Å². The number of aliphatic hydroxyl groups excluding tert-OH is 1. The van der Waals surface area contributed by atoms with E-state index >= 15 is 0 Å². The van der Waals surface area contributed by atoms with Crippen LogP contribution in [0.5, 0.6) is 0 Å². The first kappa shape index (κ1) is 16.7. The predicted octanol–water partition coefficient (Wildman–Crippen LogP) is 2.17. The molecule has 0 saturated heterocycles. The first-order valence-electron chi connectivity index (χ1n) is 8.30. The van der Waals surface area contributed by atoms with Crippen molar-refractivity contribution in [2.75, 3.05) is 0 Å². The molecule has 2 heterocycles. The fraction of sp³-hybridized carbons (Fsp3) is 0.278. The molecule has 1 aliphatic rings. The molecular formula is C18H17F2N5O. The minimum absolute atomic E-state index is 0.170. The third kappa shape index (κ3) is 3.09. The van der Waals surface area contributed by atoms with Crippen LogP contribution in [-0.2, 0) is 0 Å². The van der Waals surface area contributed by atoms with Gasteiger partial charge in [0.15, 0.2) is 5.82 Å². The summed E-state index contributed by atoms with van der Waals surface area (Å²) in [6, 6.07) is 8.14. The standard InChI is InChI=1S/C18H17F2N5O/c19-11-7-12(20)9-13(8-11)25-18(10-5-14(21)16(26)6-10)23-17(24-25)15-3-1-2-4-22-15/h1-4,7-10,14,16,26H,5-6,21H2/t10-,14+,16+/m0/s1. The SMILES string of the molecule is N[C@@H]1C[C@H](c2nc(-c3ccccn3)nn2-c2cc(F)cc(F)c2)C[C@H]1O. The number of hydrogen-bond acceptors (Lipinski definition) is 5. The van der Waals surface area contributed by atoms with Gasteiger partial charge in [-0.15, -0.1) is 5.10 Å². The van der Waals surface area contributed by atoms with Crippen LogP contribution in [0.3, 0.4) is 0 Å². The smallest absolute Gasteiger partial charge is 0.200 e. The Morgan fingerprint density at radius 1 is 1.12 bits per heavy atom. The van der Waals surface area contributed by atoms with Crippen LogP contribution in [0.4, 0.5) is 8.78 Å². The zero-order valence-electron chi connectivity index (χ0n) is 13.8. The van der Waals surface area contributed by atoms with Crippen LogP contribution >= 0.6 is 0 Å². The van der Waals surface area contributed by atoms with Gasteiger partial charge in [0.1, 0.15) is 23.2 Å². The summed E-state index contributed by atoms with van der Waals surface area (Å²) in [5.41, 5.74) is 6.69. The van der Waals surface area contributed by atoms with E-state index in [4.69, 9.17) is 5.73 Å². The van der Waals surface area contributed by atoms with Crippen molar-refractivity contribution in [3.63, 3.8) is 0 Å². The Labute approximate surface area is 148 Å². The first-order chi connectivity index (χ1) is 12.5. The number of benzene rings is 1. The molecule has 1 aliphatic carbocycles. The lowest BCUT2D eigenvalue weighted by Crippen LogP contribution is -2.28. The van der Waals surface area contributed by atoms with Crippen molar-refractivity contribution in [2.45, 2.75) is 30.9 Å². The molecule has 3 aromatic rings. The number of hydrogen-bond donors (Lipinski definition) is 2. The minimum atomic E-state index is -0.705. The Kier molecular flexibility index (Phi) is 4.21. The highest BCUT2D eigenvalue weighted by molar-refractivity contribution is 5.49. The minimum Gasteiger partial charge on any atom is -0.391 e. The van der Waals surface area contributed by atoms with Gasteiger partial charge >= 0.3 is 0 Å². The molecule has 6 nitrogen and oxygen atoms in total. The lowest BCUT2D eigenvalue weighted by atomic mass is 10.1. The van der Waals surface area contributed by atoms with Gasteiger partial charge in [0.25, 0.3) is 0 Å². The van der Waals surface area contributed by atoms with E-state index in [1.54, 1.807) is 24.4 Å². The van der Waals surface area contributed by atoms with Crippen molar-refractivity contribution in [1.29, 1.82) is 0 Å². The van der Waals surface area contributed by atoms with E-state index in [2.05, 4.69) is 15.1 Å². The van der Waals surface area contributed by atoms with Gasteiger partial charge in [0.2, 0.25) is 0 Å². The number of nitrogens with two attached hydrogens (primary N) is 1. The average Bonchev–Trinajstić information content (AvgIpc) is 3.19. The van der Waals surface area contributed by atoms with Crippen LogP contribution in [0.1, 0.15) is 24.6 Å². The first-order valence-corrected chi connectivity index (χ1v) is 8.30. The maximum absolute atomic E-state index is 13.7. The van der Waals surface area contributed by atoms with E-state index in [1.807, 2.05) is 0 Å². The van der Waals surface area contributed by atoms with Crippen molar-refractivity contribution in [2.24, 2.45) is 5.73 Å². The molecule has 8 heteroatoms. The predicted molar refractivity (Wildman–Crippen MR) is 90.5 cm³/mol. The largest absolute Gasteiger partial charge is 0.391 e. The molecule has 0 radical (unpaired) electrons. The van der Waals surface area contributed by atoms with E-state index < -0.39 is 17.7 Å². The second-order valence-electron chi connectivity index (χ2n) is 6.45. The van der Waals surface area contributed by atoms with Crippen LogP contribution < -0.4 is 5.73 Å². The fourth-order valence-corrected chi connectivity index (χ4v) is 3.30. The Balaban J connectivity index is 1.84.